The Hall–Kier alpha value is -1.07. The summed E-state index contributed by atoms with van der Waals surface area (Å²) in [6.45, 7) is 3.92. The standard InChI is InChI=1S/C10H14O4S/c1-3-7(2)8-4-5-9(11)10(6-8)15(12,13)14/h4-7,11H,3H2,1-2H3,(H,12,13,14). The third-order valence-corrected chi connectivity index (χ3v) is 3.33. The molecule has 0 bridgehead atoms. The number of rotatable bonds is 3. The molecule has 4 nitrogen and oxygen atoms in total. The SMILES string of the molecule is CCC(C)c1ccc(O)c(S(=O)(=O)O)c1. The van der Waals surface area contributed by atoms with E-state index in [0.717, 1.165) is 12.0 Å². The molecule has 0 radical (unpaired) electrons. The first-order chi connectivity index (χ1) is 6.86. The Kier molecular flexibility index (Phi) is 3.36. The van der Waals surface area contributed by atoms with Crippen LogP contribution in [0.3, 0.4) is 0 Å². The van der Waals surface area contributed by atoms with Crippen LogP contribution in [0.1, 0.15) is 31.7 Å². The Balaban J connectivity index is 3.29. The zero-order chi connectivity index (χ0) is 11.6. The van der Waals surface area contributed by atoms with E-state index in [1.807, 2.05) is 13.8 Å². The van der Waals surface area contributed by atoms with Crippen LogP contribution in [-0.4, -0.2) is 18.1 Å². The van der Waals surface area contributed by atoms with Gasteiger partial charge in [0.2, 0.25) is 0 Å². The molecule has 0 saturated carbocycles. The molecule has 0 aromatic heterocycles. The van der Waals surface area contributed by atoms with E-state index in [0.29, 0.717) is 0 Å². The second-order valence-electron chi connectivity index (χ2n) is 3.51. The fourth-order valence-corrected chi connectivity index (χ4v) is 1.90. The lowest BCUT2D eigenvalue weighted by Crippen LogP contribution is -2.01. The fraction of sp³-hybridized carbons (Fsp3) is 0.400. The summed E-state index contributed by atoms with van der Waals surface area (Å²) in [4.78, 5) is -0.430. The lowest BCUT2D eigenvalue weighted by molar-refractivity contribution is 0.442. The normalized spacial score (nSPS) is 13.8. The van der Waals surface area contributed by atoms with Gasteiger partial charge in [-0.05, 0) is 30.0 Å². The van der Waals surface area contributed by atoms with Crippen molar-refractivity contribution >= 4 is 10.1 Å². The molecule has 1 aromatic rings. The summed E-state index contributed by atoms with van der Waals surface area (Å²) in [5.74, 6) is -0.240. The molecule has 1 rings (SSSR count). The minimum Gasteiger partial charge on any atom is -0.506 e. The van der Waals surface area contributed by atoms with Gasteiger partial charge in [-0.1, -0.05) is 19.9 Å². The van der Waals surface area contributed by atoms with Crippen LogP contribution in [0.4, 0.5) is 0 Å². The van der Waals surface area contributed by atoms with Crippen LogP contribution in [0, 0.1) is 0 Å². The van der Waals surface area contributed by atoms with Crippen molar-refractivity contribution in [3.05, 3.63) is 23.8 Å². The molecule has 0 spiro atoms. The van der Waals surface area contributed by atoms with Crippen LogP contribution < -0.4 is 0 Å². The van der Waals surface area contributed by atoms with Crippen LogP contribution in [0.15, 0.2) is 23.1 Å². The lowest BCUT2D eigenvalue weighted by atomic mass is 9.99. The van der Waals surface area contributed by atoms with Gasteiger partial charge in [-0.15, -0.1) is 0 Å². The molecular weight excluding hydrogens is 216 g/mol. The summed E-state index contributed by atoms with van der Waals surface area (Å²) in [5.41, 5.74) is 0.780. The Bertz CT molecular complexity index is 450. The van der Waals surface area contributed by atoms with Crippen molar-refractivity contribution in [2.45, 2.75) is 31.1 Å². The first-order valence-corrected chi connectivity index (χ1v) is 6.10. The summed E-state index contributed by atoms with van der Waals surface area (Å²) in [6.07, 6.45) is 0.857. The molecular formula is C10H14O4S. The van der Waals surface area contributed by atoms with Crippen molar-refractivity contribution in [2.24, 2.45) is 0 Å². The smallest absolute Gasteiger partial charge is 0.298 e. The zero-order valence-corrected chi connectivity index (χ0v) is 9.45. The number of hydrogen-bond acceptors (Lipinski definition) is 3. The Labute approximate surface area is 89.3 Å². The molecule has 0 saturated heterocycles. The maximum atomic E-state index is 10.9. The van der Waals surface area contributed by atoms with E-state index in [2.05, 4.69) is 0 Å². The van der Waals surface area contributed by atoms with Gasteiger partial charge in [0.25, 0.3) is 10.1 Å². The molecule has 0 aliphatic carbocycles. The second kappa shape index (κ2) is 4.20. The van der Waals surface area contributed by atoms with E-state index in [1.165, 1.54) is 12.1 Å². The van der Waals surface area contributed by atoms with Crippen molar-refractivity contribution in [3.63, 3.8) is 0 Å². The van der Waals surface area contributed by atoms with Crippen LogP contribution in [-0.2, 0) is 10.1 Å². The average molecular weight is 230 g/mol. The number of hydrogen-bond donors (Lipinski definition) is 2. The van der Waals surface area contributed by atoms with Gasteiger partial charge in [-0.25, -0.2) is 0 Å². The predicted octanol–water partition coefficient (Wildman–Crippen LogP) is 2.15. The highest BCUT2D eigenvalue weighted by atomic mass is 32.2. The second-order valence-corrected chi connectivity index (χ2v) is 4.90. The highest BCUT2D eigenvalue weighted by Crippen LogP contribution is 2.28. The summed E-state index contributed by atoms with van der Waals surface area (Å²) in [7, 11) is -4.35. The minimum atomic E-state index is -4.35. The molecule has 0 aliphatic heterocycles. The van der Waals surface area contributed by atoms with E-state index in [4.69, 9.17) is 4.55 Å². The van der Waals surface area contributed by atoms with Crippen molar-refractivity contribution in [2.75, 3.05) is 0 Å². The summed E-state index contributed by atoms with van der Waals surface area (Å²) in [6, 6.07) is 4.24. The highest BCUT2D eigenvalue weighted by molar-refractivity contribution is 7.86. The van der Waals surface area contributed by atoms with Gasteiger partial charge in [-0.3, -0.25) is 4.55 Å². The van der Waals surface area contributed by atoms with E-state index >= 15 is 0 Å². The van der Waals surface area contributed by atoms with Crippen molar-refractivity contribution in [1.82, 2.24) is 0 Å². The van der Waals surface area contributed by atoms with Crippen LogP contribution >= 0.6 is 0 Å². The largest absolute Gasteiger partial charge is 0.506 e. The topological polar surface area (TPSA) is 74.6 Å². The van der Waals surface area contributed by atoms with Gasteiger partial charge in [-0.2, -0.15) is 8.42 Å². The third-order valence-electron chi connectivity index (χ3n) is 2.44. The summed E-state index contributed by atoms with van der Waals surface area (Å²) >= 11 is 0. The third kappa shape index (κ3) is 2.70. The number of aromatic hydroxyl groups is 1. The maximum Gasteiger partial charge on any atom is 0.298 e. The van der Waals surface area contributed by atoms with Gasteiger partial charge in [0.15, 0.2) is 0 Å². The van der Waals surface area contributed by atoms with Crippen molar-refractivity contribution in [1.29, 1.82) is 0 Å². The van der Waals surface area contributed by atoms with Crippen LogP contribution in [0.2, 0.25) is 0 Å². The van der Waals surface area contributed by atoms with Gasteiger partial charge in [0, 0.05) is 0 Å². The summed E-state index contributed by atoms with van der Waals surface area (Å²) in [5, 5.41) is 9.29. The summed E-state index contributed by atoms with van der Waals surface area (Å²) < 4.78 is 30.7. The highest BCUT2D eigenvalue weighted by Gasteiger charge is 2.17. The molecule has 0 fully saturated rings. The molecule has 0 heterocycles. The Morgan fingerprint density at radius 1 is 1.40 bits per heavy atom. The lowest BCUT2D eigenvalue weighted by Gasteiger charge is -2.10. The average Bonchev–Trinajstić information content (AvgIpc) is 2.15. The van der Waals surface area contributed by atoms with Crippen LogP contribution in [0.25, 0.3) is 0 Å². The molecule has 15 heavy (non-hydrogen) atoms. The maximum absolute atomic E-state index is 10.9. The van der Waals surface area contributed by atoms with Gasteiger partial charge < -0.3 is 5.11 Å². The van der Waals surface area contributed by atoms with Crippen molar-refractivity contribution < 1.29 is 18.1 Å². The number of phenols is 1. The van der Waals surface area contributed by atoms with Crippen LogP contribution in [0.5, 0.6) is 5.75 Å². The van der Waals surface area contributed by atoms with E-state index in [1.54, 1.807) is 6.07 Å². The molecule has 5 heteroatoms. The van der Waals surface area contributed by atoms with Gasteiger partial charge in [0.05, 0.1) is 0 Å². The quantitative estimate of drug-likeness (QED) is 0.780. The first kappa shape index (κ1) is 12.0. The van der Waals surface area contributed by atoms with E-state index in [-0.39, 0.29) is 5.92 Å². The Morgan fingerprint density at radius 3 is 2.47 bits per heavy atom. The molecule has 1 atom stereocenters. The Morgan fingerprint density at radius 2 is 2.00 bits per heavy atom. The minimum absolute atomic E-state index is 0.186. The monoisotopic (exact) mass is 230 g/mol. The van der Waals surface area contributed by atoms with E-state index < -0.39 is 20.8 Å². The molecule has 0 amide bonds. The number of phenolic OH excluding ortho intramolecular Hbond substituents is 1. The van der Waals surface area contributed by atoms with Gasteiger partial charge >= 0.3 is 0 Å². The molecule has 2 N–H and O–H groups in total. The van der Waals surface area contributed by atoms with Crippen molar-refractivity contribution in [3.8, 4) is 5.75 Å². The predicted molar refractivity (Wildman–Crippen MR) is 56.6 cm³/mol. The molecule has 1 unspecified atom stereocenters. The molecule has 0 aliphatic rings. The van der Waals surface area contributed by atoms with E-state index in [9.17, 15) is 13.5 Å². The first-order valence-electron chi connectivity index (χ1n) is 4.66. The molecule has 84 valence electrons. The zero-order valence-electron chi connectivity index (χ0n) is 8.64. The van der Waals surface area contributed by atoms with Gasteiger partial charge in [0.1, 0.15) is 10.6 Å². The number of benzene rings is 1. The fourth-order valence-electron chi connectivity index (χ4n) is 1.28. The molecule has 1 aromatic carbocycles.